The van der Waals surface area contributed by atoms with Crippen molar-refractivity contribution < 1.29 is 13.9 Å². The van der Waals surface area contributed by atoms with Gasteiger partial charge in [0.1, 0.15) is 12.0 Å². The third-order valence-electron chi connectivity index (χ3n) is 4.62. The number of hydrogen-bond donors (Lipinski definition) is 0. The van der Waals surface area contributed by atoms with Crippen LogP contribution in [0, 0.1) is 6.92 Å². The maximum atomic E-state index is 12.7. The van der Waals surface area contributed by atoms with Crippen LogP contribution in [0.2, 0.25) is 0 Å². The first-order valence-electron chi connectivity index (χ1n) is 9.14. The summed E-state index contributed by atoms with van der Waals surface area (Å²) in [4.78, 5) is 27.3. The summed E-state index contributed by atoms with van der Waals surface area (Å²) in [5.74, 6) is 0.772. The molecule has 29 heavy (non-hydrogen) atoms. The molecular formula is C21H20N4O3S. The lowest BCUT2D eigenvalue weighted by atomic mass is 10.2. The predicted molar refractivity (Wildman–Crippen MR) is 110 cm³/mol. The highest BCUT2D eigenvalue weighted by atomic mass is 32.1. The summed E-state index contributed by atoms with van der Waals surface area (Å²) >= 11 is 1.64. The van der Waals surface area contributed by atoms with Crippen LogP contribution in [0.4, 0.5) is 0 Å². The van der Waals surface area contributed by atoms with E-state index in [1.165, 1.54) is 6.26 Å². The molecule has 0 aliphatic carbocycles. The number of ether oxygens (including phenoxy) is 1. The number of aryl methyl sites for hydroxylation is 1. The first kappa shape index (κ1) is 19.1. The van der Waals surface area contributed by atoms with Gasteiger partial charge in [-0.2, -0.15) is 0 Å². The van der Waals surface area contributed by atoms with E-state index in [-0.39, 0.29) is 24.2 Å². The maximum Gasteiger partial charge on any atom is 0.276 e. The molecule has 1 atom stereocenters. The number of rotatable bonds is 6. The zero-order valence-electron chi connectivity index (χ0n) is 16.3. The molecule has 0 fully saturated rings. The molecule has 4 aromatic rings. The van der Waals surface area contributed by atoms with Crippen molar-refractivity contribution in [3.05, 3.63) is 71.1 Å². The van der Waals surface area contributed by atoms with Crippen molar-refractivity contribution in [3.8, 4) is 5.75 Å². The average molecular weight is 408 g/mol. The van der Waals surface area contributed by atoms with E-state index in [1.54, 1.807) is 29.5 Å². The second-order valence-electron chi connectivity index (χ2n) is 6.62. The Labute approximate surface area is 172 Å². The lowest BCUT2D eigenvalue weighted by Gasteiger charge is -2.23. The van der Waals surface area contributed by atoms with E-state index in [4.69, 9.17) is 9.15 Å². The number of carbonyl (C=O) groups is 1. The van der Waals surface area contributed by atoms with Gasteiger partial charge in [-0.25, -0.2) is 9.97 Å². The summed E-state index contributed by atoms with van der Waals surface area (Å²) in [5, 5.41) is 1.01. The fourth-order valence-corrected chi connectivity index (χ4v) is 3.72. The lowest BCUT2D eigenvalue weighted by molar-refractivity contribution is 0.0733. The van der Waals surface area contributed by atoms with E-state index in [2.05, 4.69) is 15.0 Å². The molecule has 3 heterocycles. The topological polar surface area (TPSA) is 81.4 Å². The summed E-state index contributed by atoms with van der Waals surface area (Å²) in [6.07, 6.45) is 3.07. The second-order valence-corrected chi connectivity index (χ2v) is 7.86. The first-order chi connectivity index (χ1) is 14.0. The molecule has 0 unspecified atom stereocenters. The summed E-state index contributed by atoms with van der Waals surface area (Å²) in [5.41, 5.74) is 1.95. The van der Waals surface area contributed by atoms with Crippen molar-refractivity contribution in [1.29, 1.82) is 0 Å². The monoisotopic (exact) mass is 408 g/mol. The average Bonchev–Trinajstić information content (AvgIpc) is 3.36. The second kappa shape index (κ2) is 8.00. The molecule has 1 aromatic carbocycles. The Morgan fingerprint density at radius 2 is 2.14 bits per heavy atom. The highest BCUT2D eigenvalue weighted by Gasteiger charge is 2.22. The number of aromatic nitrogens is 3. The number of hydrogen-bond acceptors (Lipinski definition) is 7. The maximum absolute atomic E-state index is 12.7. The number of amides is 1. The van der Waals surface area contributed by atoms with Crippen LogP contribution >= 0.6 is 11.3 Å². The van der Waals surface area contributed by atoms with Crippen molar-refractivity contribution in [2.45, 2.75) is 26.5 Å². The highest BCUT2D eigenvalue weighted by molar-refractivity contribution is 7.18. The molecule has 4 rings (SSSR count). The van der Waals surface area contributed by atoms with Crippen LogP contribution in [-0.4, -0.2) is 32.8 Å². The Kier molecular flexibility index (Phi) is 5.26. The van der Waals surface area contributed by atoms with E-state index in [1.807, 2.05) is 50.2 Å². The van der Waals surface area contributed by atoms with Crippen LogP contribution in [0.1, 0.15) is 40.0 Å². The Morgan fingerprint density at radius 1 is 1.28 bits per heavy atom. The number of fused-ring (bicyclic) bond motifs is 1. The molecule has 0 saturated carbocycles. The zero-order chi connectivity index (χ0) is 20.4. The van der Waals surface area contributed by atoms with E-state index in [0.717, 1.165) is 20.9 Å². The fourth-order valence-electron chi connectivity index (χ4n) is 2.91. The molecule has 0 saturated heterocycles. The van der Waals surface area contributed by atoms with Crippen molar-refractivity contribution in [3.63, 3.8) is 0 Å². The SMILES string of the molecule is Cc1nc2cc(OCc3nc(C(=O)N(C)[C@H](C)c4ccccn4)co3)ccc2s1. The Bertz CT molecular complexity index is 1140. The number of benzene rings is 1. The molecule has 0 aliphatic rings. The van der Waals surface area contributed by atoms with Crippen molar-refractivity contribution in [2.75, 3.05) is 7.05 Å². The Hall–Kier alpha value is -3.26. The molecule has 7 nitrogen and oxygen atoms in total. The van der Waals surface area contributed by atoms with Gasteiger partial charge >= 0.3 is 0 Å². The van der Waals surface area contributed by atoms with Gasteiger partial charge < -0.3 is 14.1 Å². The van der Waals surface area contributed by atoms with E-state index in [9.17, 15) is 4.79 Å². The fraction of sp³-hybridized carbons (Fsp3) is 0.238. The molecule has 0 aliphatic heterocycles. The number of nitrogens with zero attached hydrogens (tertiary/aromatic N) is 4. The first-order valence-corrected chi connectivity index (χ1v) is 9.95. The Morgan fingerprint density at radius 3 is 2.93 bits per heavy atom. The third kappa shape index (κ3) is 4.12. The van der Waals surface area contributed by atoms with Gasteiger partial charge in [0.2, 0.25) is 5.89 Å². The van der Waals surface area contributed by atoms with Crippen molar-refractivity contribution in [1.82, 2.24) is 19.9 Å². The molecule has 8 heteroatoms. The van der Waals surface area contributed by atoms with Crippen LogP contribution in [0.25, 0.3) is 10.2 Å². The van der Waals surface area contributed by atoms with Gasteiger partial charge in [-0.15, -0.1) is 11.3 Å². The van der Waals surface area contributed by atoms with Crippen molar-refractivity contribution in [2.24, 2.45) is 0 Å². The molecule has 0 spiro atoms. The summed E-state index contributed by atoms with van der Waals surface area (Å²) in [6.45, 7) is 4.02. The molecule has 0 radical (unpaired) electrons. The summed E-state index contributed by atoms with van der Waals surface area (Å²) in [7, 11) is 1.72. The van der Waals surface area contributed by atoms with Gasteiger partial charge in [-0.3, -0.25) is 9.78 Å². The van der Waals surface area contributed by atoms with Gasteiger partial charge in [0.25, 0.3) is 5.91 Å². The predicted octanol–water partition coefficient (Wildman–Crippen LogP) is 4.40. The summed E-state index contributed by atoms with van der Waals surface area (Å²) < 4.78 is 12.3. The van der Waals surface area contributed by atoms with Crippen LogP contribution in [-0.2, 0) is 6.61 Å². The van der Waals surface area contributed by atoms with Gasteiger partial charge in [0.05, 0.1) is 27.0 Å². The standard InChI is InChI=1S/C21H20N4O3S/c1-13(16-6-4-5-9-22-16)25(3)21(26)18-11-28-20(24-18)12-27-15-7-8-19-17(10-15)23-14(2)29-19/h4-11,13H,12H2,1-3H3/t13-/m1/s1. The van der Waals surface area contributed by atoms with E-state index >= 15 is 0 Å². The normalized spacial score (nSPS) is 12.1. The van der Waals surface area contributed by atoms with Crippen LogP contribution in [0.15, 0.2) is 53.3 Å². The number of carbonyl (C=O) groups excluding carboxylic acids is 1. The molecular weight excluding hydrogens is 388 g/mol. The van der Waals surface area contributed by atoms with Gasteiger partial charge in [0, 0.05) is 19.3 Å². The third-order valence-corrected chi connectivity index (χ3v) is 5.57. The number of thiazole rings is 1. The minimum Gasteiger partial charge on any atom is -0.484 e. The summed E-state index contributed by atoms with van der Waals surface area (Å²) in [6, 6.07) is 11.2. The van der Waals surface area contributed by atoms with Crippen LogP contribution in [0.3, 0.4) is 0 Å². The van der Waals surface area contributed by atoms with Gasteiger partial charge in [0.15, 0.2) is 12.3 Å². The van der Waals surface area contributed by atoms with E-state index < -0.39 is 0 Å². The van der Waals surface area contributed by atoms with Crippen LogP contribution < -0.4 is 4.74 Å². The van der Waals surface area contributed by atoms with Crippen LogP contribution in [0.5, 0.6) is 5.75 Å². The minimum atomic E-state index is -0.238. The number of oxazole rings is 1. The smallest absolute Gasteiger partial charge is 0.276 e. The Balaban J connectivity index is 1.41. The lowest BCUT2D eigenvalue weighted by Crippen LogP contribution is -2.30. The minimum absolute atomic E-state index is 0.126. The highest BCUT2D eigenvalue weighted by Crippen LogP contribution is 2.26. The number of pyridine rings is 1. The molecule has 0 bridgehead atoms. The zero-order valence-corrected chi connectivity index (χ0v) is 17.1. The molecule has 0 N–H and O–H groups in total. The largest absolute Gasteiger partial charge is 0.484 e. The molecule has 3 aromatic heterocycles. The quantitative estimate of drug-likeness (QED) is 0.470. The van der Waals surface area contributed by atoms with Gasteiger partial charge in [-0.05, 0) is 38.1 Å². The van der Waals surface area contributed by atoms with Gasteiger partial charge in [-0.1, -0.05) is 6.07 Å². The molecule has 148 valence electrons. The molecule has 1 amide bonds. The van der Waals surface area contributed by atoms with Crippen molar-refractivity contribution >= 4 is 27.5 Å². The van der Waals surface area contributed by atoms with E-state index in [0.29, 0.717) is 11.6 Å².